The number of halogens is 1. The summed E-state index contributed by atoms with van der Waals surface area (Å²) in [7, 11) is 3.10. The van der Waals surface area contributed by atoms with Crippen molar-refractivity contribution in [3.05, 3.63) is 60.4 Å². The Bertz CT molecular complexity index is 887. The first-order valence-corrected chi connectivity index (χ1v) is 9.38. The molecule has 0 aromatic heterocycles. The molecule has 0 N–H and O–H groups in total. The number of ether oxygens (including phenoxy) is 3. The normalized spacial score (nSPS) is 14.0. The first kappa shape index (κ1) is 20.5. The lowest BCUT2D eigenvalue weighted by Gasteiger charge is -2.36. The third-order valence-electron chi connectivity index (χ3n) is 4.73. The van der Waals surface area contributed by atoms with Crippen LogP contribution in [0.15, 0.2) is 49.1 Å². The van der Waals surface area contributed by atoms with Crippen molar-refractivity contribution >= 4 is 11.7 Å². The number of anilines is 1. The average molecular weight is 400 g/mol. The van der Waals surface area contributed by atoms with Gasteiger partial charge in [0.25, 0.3) is 0 Å². The van der Waals surface area contributed by atoms with E-state index >= 15 is 0 Å². The van der Waals surface area contributed by atoms with Crippen molar-refractivity contribution in [2.45, 2.75) is 13.0 Å². The summed E-state index contributed by atoms with van der Waals surface area (Å²) < 4.78 is 30.0. The van der Waals surface area contributed by atoms with Crippen LogP contribution in [-0.4, -0.2) is 44.8 Å². The molecule has 1 heterocycles. The molecule has 0 atom stereocenters. The van der Waals surface area contributed by atoms with Crippen LogP contribution in [0.2, 0.25) is 0 Å². The molecule has 29 heavy (non-hydrogen) atoms. The fourth-order valence-corrected chi connectivity index (χ4v) is 3.34. The number of hydrogen-bond donors (Lipinski definition) is 0. The van der Waals surface area contributed by atoms with Crippen LogP contribution in [0.4, 0.5) is 14.9 Å². The van der Waals surface area contributed by atoms with Gasteiger partial charge in [-0.15, -0.1) is 0 Å². The van der Waals surface area contributed by atoms with Gasteiger partial charge < -0.3 is 19.1 Å². The van der Waals surface area contributed by atoms with Crippen molar-refractivity contribution in [2.75, 3.05) is 38.8 Å². The minimum absolute atomic E-state index is 0.151. The lowest BCUT2D eigenvalue weighted by molar-refractivity contribution is 0.191. The van der Waals surface area contributed by atoms with Gasteiger partial charge in [-0.3, -0.25) is 4.90 Å². The molecule has 6 nitrogen and oxygen atoms in total. The van der Waals surface area contributed by atoms with E-state index in [0.29, 0.717) is 48.2 Å². The van der Waals surface area contributed by atoms with Gasteiger partial charge in [0.2, 0.25) is 0 Å². The number of amides is 2. The molecule has 2 aromatic rings. The number of methoxy groups -OCH3 is 2. The maximum Gasteiger partial charge on any atom is 0.324 e. The van der Waals surface area contributed by atoms with Gasteiger partial charge in [0.1, 0.15) is 18.2 Å². The Kier molecular flexibility index (Phi) is 6.59. The molecule has 2 aromatic carbocycles. The maximum absolute atomic E-state index is 13.7. The maximum atomic E-state index is 13.7. The molecule has 7 heteroatoms. The Hall–Kier alpha value is -3.22. The van der Waals surface area contributed by atoms with Crippen LogP contribution in [0.25, 0.3) is 0 Å². The van der Waals surface area contributed by atoms with Crippen LogP contribution >= 0.6 is 0 Å². The SMILES string of the molecule is C=CCOc1cc(N2CCCN(Cc3cc(F)ccc3OC)C2=O)ccc1OC. The first-order valence-electron chi connectivity index (χ1n) is 9.38. The second-order valence-electron chi connectivity index (χ2n) is 6.60. The van der Waals surface area contributed by atoms with Crippen LogP contribution < -0.4 is 19.1 Å². The molecule has 0 unspecified atom stereocenters. The van der Waals surface area contributed by atoms with Crippen molar-refractivity contribution in [3.8, 4) is 17.2 Å². The quantitative estimate of drug-likeness (QED) is 0.622. The molecule has 154 valence electrons. The molecular weight excluding hydrogens is 375 g/mol. The molecule has 0 spiro atoms. The van der Waals surface area contributed by atoms with Crippen molar-refractivity contribution in [1.82, 2.24) is 4.90 Å². The van der Waals surface area contributed by atoms with E-state index in [1.807, 2.05) is 6.07 Å². The van der Waals surface area contributed by atoms with Crippen LogP contribution in [0.1, 0.15) is 12.0 Å². The first-order chi connectivity index (χ1) is 14.1. The molecule has 0 aliphatic carbocycles. The van der Waals surface area contributed by atoms with Crippen LogP contribution in [0.5, 0.6) is 17.2 Å². The summed E-state index contributed by atoms with van der Waals surface area (Å²) in [6.45, 7) is 5.43. The lowest BCUT2D eigenvalue weighted by Crippen LogP contribution is -2.49. The minimum atomic E-state index is -0.360. The largest absolute Gasteiger partial charge is 0.496 e. The summed E-state index contributed by atoms with van der Waals surface area (Å²) in [5.41, 5.74) is 1.35. The summed E-state index contributed by atoms with van der Waals surface area (Å²) in [6.07, 6.45) is 2.44. The van der Waals surface area contributed by atoms with Gasteiger partial charge in [-0.25, -0.2) is 9.18 Å². The Balaban J connectivity index is 1.82. The number of benzene rings is 2. The van der Waals surface area contributed by atoms with E-state index in [1.165, 1.54) is 19.2 Å². The monoisotopic (exact) mass is 400 g/mol. The Labute approximate surface area is 170 Å². The smallest absolute Gasteiger partial charge is 0.324 e. The molecule has 1 aliphatic heterocycles. The standard InChI is InChI=1S/C22H25FN2O4/c1-4-12-29-21-14-18(7-9-20(21)28-3)25-11-5-10-24(22(25)26)15-16-13-17(23)6-8-19(16)27-2/h4,6-9,13-14H,1,5,10-12,15H2,2-3H3. The van der Waals surface area contributed by atoms with Gasteiger partial charge in [-0.1, -0.05) is 12.7 Å². The molecule has 0 radical (unpaired) electrons. The second-order valence-corrected chi connectivity index (χ2v) is 6.60. The molecule has 0 saturated carbocycles. The molecule has 1 fully saturated rings. The summed E-state index contributed by atoms with van der Waals surface area (Å²) in [6, 6.07) is 9.55. The molecule has 0 bridgehead atoms. The fourth-order valence-electron chi connectivity index (χ4n) is 3.34. The van der Waals surface area contributed by atoms with E-state index in [4.69, 9.17) is 14.2 Å². The van der Waals surface area contributed by atoms with Crippen LogP contribution in [0, 0.1) is 5.82 Å². The van der Waals surface area contributed by atoms with Gasteiger partial charge in [-0.05, 0) is 36.8 Å². The molecule has 1 saturated heterocycles. The predicted octanol–water partition coefficient (Wildman–Crippen LogP) is 4.24. The number of nitrogens with zero attached hydrogens (tertiary/aromatic N) is 2. The van der Waals surface area contributed by atoms with Gasteiger partial charge in [0.15, 0.2) is 11.5 Å². The summed E-state index contributed by atoms with van der Waals surface area (Å²) >= 11 is 0. The molecule has 2 amide bonds. The van der Waals surface area contributed by atoms with Crippen molar-refractivity contribution in [1.29, 1.82) is 0 Å². The summed E-state index contributed by atoms with van der Waals surface area (Å²) in [4.78, 5) is 16.5. The second kappa shape index (κ2) is 9.32. The fraction of sp³-hybridized carbons (Fsp3) is 0.318. The molecular formula is C22H25FN2O4. The van der Waals surface area contributed by atoms with E-state index in [9.17, 15) is 9.18 Å². The number of carbonyl (C=O) groups is 1. The van der Waals surface area contributed by atoms with Crippen molar-refractivity contribution < 1.29 is 23.4 Å². The van der Waals surface area contributed by atoms with E-state index in [2.05, 4.69) is 6.58 Å². The number of carbonyl (C=O) groups excluding carboxylic acids is 1. The van der Waals surface area contributed by atoms with Gasteiger partial charge in [0.05, 0.1) is 20.8 Å². The zero-order valence-electron chi connectivity index (χ0n) is 16.7. The van der Waals surface area contributed by atoms with Crippen LogP contribution in [-0.2, 0) is 6.54 Å². The summed E-state index contributed by atoms with van der Waals surface area (Å²) in [5.74, 6) is 1.32. The third kappa shape index (κ3) is 4.62. The van der Waals surface area contributed by atoms with E-state index in [1.54, 1.807) is 41.2 Å². The zero-order chi connectivity index (χ0) is 20.8. The van der Waals surface area contributed by atoms with Crippen molar-refractivity contribution in [3.63, 3.8) is 0 Å². The molecule has 1 aliphatic rings. The number of urea groups is 1. The highest BCUT2D eigenvalue weighted by molar-refractivity contribution is 5.93. The highest BCUT2D eigenvalue weighted by atomic mass is 19.1. The Morgan fingerprint density at radius 1 is 1.07 bits per heavy atom. The van der Waals surface area contributed by atoms with E-state index < -0.39 is 0 Å². The number of rotatable bonds is 8. The zero-order valence-corrected chi connectivity index (χ0v) is 16.7. The van der Waals surface area contributed by atoms with Gasteiger partial charge in [-0.2, -0.15) is 0 Å². The van der Waals surface area contributed by atoms with E-state index in [-0.39, 0.29) is 18.4 Å². The topological polar surface area (TPSA) is 51.2 Å². The third-order valence-corrected chi connectivity index (χ3v) is 4.73. The summed E-state index contributed by atoms with van der Waals surface area (Å²) in [5, 5.41) is 0. The van der Waals surface area contributed by atoms with Gasteiger partial charge in [0, 0.05) is 30.4 Å². The van der Waals surface area contributed by atoms with Crippen LogP contribution in [0.3, 0.4) is 0 Å². The molecule has 3 rings (SSSR count). The Morgan fingerprint density at radius 3 is 2.55 bits per heavy atom. The minimum Gasteiger partial charge on any atom is -0.496 e. The Morgan fingerprint density at radius 2 is 1.83 bits per heavy atom. The van der Waals surface area contributed by atoms with Gasteiger partial charge >= 0.3 is 6.03 Å². The highest BCUT2D eigenvalue weighted by Gasteiger charge is 2.28. The number of hydrogen-bond acceptors (Lipinski definition) is 4. The van der Waals surface area contributed by atoms with E-state index in [0.717, 1.165) is 6.42 Å². The highest BCUT2D eigenvalue weighted by Crippen LogP contribution is 2.33. The lowest BCUT2D eigenvalue weighted by atomic mass is 10.1. The predicted molar refractivity (Wildman–Crippen MR) is 109 cm³/mol. The van der Waals surface area contributed by atoms with Crippen molar-refractivity contribution in [2.24, 2.45) is 0 Å². The average Bonchev–Trinajstić information content (AvgIpc) is 2.73.